The number of carboxylic acid groups (broad SMARTS) is 1. The van der Waals surface area contributed by atoms with Gasteiger partial charge in [-0.2, -0.15) is 0 Å². The zero-order valence-corrected chi connectivity index (χ0v) is 9.62. The largest absolute Gasteiger partial charge is 0.480 e. The van der Waals surface area contributed by atoms with E-state index in [2.05, 4.69) is 0 Å². The van der Waals surface area contributed by atoms with Gasteiger partial charge in [0, 0.05) is 13.0 Å². The molecule has 4 nitrogen and oxygen atoms in total. The number of rotatable bonds is 4. The second-order valence-electron chi connectivity index (χ2n) is 4.83. The molecule has 0 saturated carbocycles. The highest BCUT2D eigenvalue weighted by Crippen LogP contribution is 2.28. The van der Waals surface area contributed by atoms with Crippen molar-refractivity contribution in [3.63, 3.8) is 0 Å². The highest BCUT2D eigenvalue weighted by atomic mass is 16.4. The molecule has 0 aromatic carbocycles. The molecule has 1 aliphatic rings. The van der Waals surface area contributed by atoms with Crippen molar-refractivity contribution < 1.29 is 14.7 Å². The topological polar surface area (TPSA) is 57.6 Å². The summed E-state index contributed by atoms with van der Waals surface area (Å²) in [4.78, 5) is 24.4. The maximum Gasteiger partial charge on any atom is 0.329 e. The Morgan fingerprint density at radius 1 is 1.60 bits per heavy atom. The molecule has 1 fully saturated rings. The Morgan fingerprint density at radius 3 is 2.53 bits per heavy atom. The molecular formula is C11H19NO3. The Kier molecular flexibility index (Phi) is 3.37. The van der Waals surface area contributed by atoms with Crippen LogP contribution in [0, 0.1) is 5.92 Å². The van der Waals surface area contributed by atoms with Crippen LogP contribution < -0.4 is 0 Å². The number of carboxylic acids is 1. The molecule has 4 heteroatoms. The molecule has 1 atom stereocenters. The summed E-state index contributed by atoms with van der Waals surface area (Å²) in [6.07, 6.45) is 1.77. The van der Waals surface area contributed by atoms with Crippen molar-refractivity contribution in [3.05, 3.63) is 0 Å². The van der Waals surface area contributed by atoms with Crippen LogP contribution in [0.25, 0.3) is 0 Å². The van der Waals surface area contributed by atoms with Crippen LogP contribution in [0.5, 0.6) is 0 Å². The van der Waals surface area contributed by atoms with E-state index in [1.165, 1.54) is 4.90 Å². The van der Waals surface area contributed by atoms with Crippen LogP contribution in [0.3, 0.4) is 0 Å². The zero-order chi connectivity index (χ0) is 11.6. The summed E-state index contributed by atoms with van der Waals surface area (Å²) >= 11 is 0. The Bertz CT molecular complexity index is 275. The Morgan fingerprint density at radius 2 is 2.20 bits per heavy atom. The molecular weight excluding hydrogens is 194 g/mol. The summed E-state index contributed by atoms with van der Waals surface area (Å²) in [5.74, 6) is -0.661. The molecule has 0 aromatic rings. The standard InChI is InChI=1S/C11H19NO3/c1-8(2)7-11(3,10(14)15)12-6-4-5-9(12)13/h8H,4-7H2,1-3H3,(H,14,15). The minimum atomic E-state index is -1.03. The number of hydrogen-bond donors (Lipinski definition) is 1. The van der Waals surface area contributed by atoms with Crippen molar-refractivity contribution in [2.45, 2.75) is 45.6 Å². The highest BCUT2D eigenvalue weighted by Gasteiger charge is 2.44. The molecule has 0 bridgehead atoms. The van der Waals surface area contributed by atoms with Crippen molar-refractivity contribution in [1.82, 2.24) is 4.90 Å². The number of hydrogen-bond acceptors (Lipinski definition) is 2. The third kappa shape index (κ3) is 2.30. The second kappa shape index (κ2) is 4.21. The summed E-state index contributed by atoms with van der Waals surface area (Å²) in [6.45, 7) is 6.18. The smallest absolute Gasteiger partial charge is 0.329 e. The molecule has 1 N–H and O–H groups in total. The fraction of sp³-hybridized carbons (Fsp3) is 0.818. The predicted molar refractivity (Wildman–Crippen MR) is 56.4 cm³/mol. The first-order valence-corrected chi connectivity index (χ1v) is 5.42. The minimum Gasteiger partial charge on any atom is -0.480 e. The summed E-state index contributed by atoms with van der Waals surface area (Å²) < 4.78 is 0. The number of likely N-dealkylation sites (tertiary alicyclic amines) is 1. The molecule has 0 aliphatic carbocycles. The monoisotopic (exact) mass is 213 g/mol. The first kappa shape index (κ1) is 12.0. The third-order valence-electron chi connectivity index (χ3n) is 2.94. The van der Waals surface area contributed by atoms with E-state index in [-0.39, 0.29) is 11.8 Å². The van der Waals surface area contributed by atoms with E-state index in [4.69, 9.17) is 0 Å². The van der Waals surface area contributed by atoms with Gasteiger partial charge in [-0.05, 0) is 25.7 Å². The van der Waals surface area contributed by atoms with Gasteiger partial charge in [-0.15, -0.1) is 0 Å². The molecule has 0 aromatic heterocycles. The lowest BCUT2D eigenvalue weighted by atomic mass is 9.89. The van der Waals surface area contributed by atoms with Crippen molar-refractivity contribution in [1.29, 1.82) is 0 Å². The predicted octanol–water partition coefficient (Wildman–Crippen LogP) is 1.50. The Balaban J connectivity index is 2.89. The molecule has 1 unspecified atom stereocenters. The average molecular weight is 213 g/mol. The normalized spacial score (nSPS) is 20.8. The van der Waals surface area contributed by atoms with Gasteiger partial charge in [-0.3, -0.25) is 4.79 Å². The highest BCUT2D eigenvalue weighted by molar-refractivity contribution is 5.87. The maximum atomic E-state index is 11.6. The molecule has 15 heavy (non-hydrogen) atoms. The van der Waals surface area contributed by atoms with Crippen LogP contribution in [0.2, 0.25) is 0 Å². The number of nitrogens with zero attached hydrogens (tertiary/aromatic N) is 1. The maximum absolute atomic E-state index is 11.6. The summed E-state index contributed by atoms with van der Waals surface area (Å²) in [5, 5.41) is 9.27. The van der Waals surface area contributed by atoms with Gasteiger partial charge in [-0.25, -0.2) is 4.79 Å². The lowest BCUT2D eigenvalue weighted by Crippen LogP contribution is -2.53. The van der Waals surface area contributed by atoms with Crippen LogP contribution in [0.1, 0.15) is 40.0 Å². The van der Waals surface area contributed by atoms with E-state index in [1.54, 1.807) is 6.92 Å². The number of aliphatic carboxylic acids is 1. The number of amides is 1. The van der Waals surface area contributed by atoms with Gasteiger partial charge >= 0.3 is 5.97 Å². The minimum absolute atomic E-state index is 0.0273. The molecule has 1 saturated heterocycles. The van der Waals surface area contributed by atoms with E-state index in [0.717, 1.165) is 6.42 Å². The van der Waals surface area contributed by atoms with Gasteiger partial charge in [-0.1, -0.05) is 13.8 Å². The average Bonchev–Trinajstić information content (AvgIpc) is 2.49. The van der Waals surface area contributed by atoms with E-state index < -0.39 is 11.5 Å². The SMILES string of the molecule is CC(C)CC(C)(C(=O)O)N1CCCC1=O. The van der Waals surface area contributed by atoms with Crippen molar-refractivity contribution in [2.75, 3.05) is 6.54 Å². The molecule has 0 spiro atoms. The lowest BCUT2D eigenvalue weighted by molar-refractivity contribution is -0.157. The van der Waals surface area contributed by atoms with Gasteiger partial charge in [0.25, 0.3) is 0 Å². The van der Waals surface area contributed by atoms with Crippen LogP contribution >= 0.6 is 0 Å². The van der Waals surface area contributed by atoms with Crippen molar-refractivity contribution >= 4 is 11.9 Å². The number of carbonyl (C=O) groups excluding carboxylic acids is 1. The van der Waals surface area contributed by atoms with Crippen molar-refractivity contribution in [3.8, 4) is 0 Å². The zero-order valence-electron chi connectivity index (χ0n) is 9.62. The van der Waals surface area contributed by atoms with Gasteiger partial charge in [0.2, 0.25) is 5.91 Å². The molecule has 1 amide bonds. The van der Waals surface area contributed by atoms with Crippen molar-refractivity contribution in [2.24, 2.45) is 5.92 Å². The van der Waals surface area contributed by atoms with Gasteiger partial charge < -0.3 is 10.0 Å². The quantitative estimate of drug-likeness (QED) is 0.769. The van der Waals surface area contributed by atoms with E-state index in [0.29, 0.717) is 19.4 Å². The summed E-state index contributed by atoms with van der Waals surface area (Å²) in [7, 11) is 0. The molecule has 1 aliphatic heterocycles. The summed E-state index contributed by atoms with van der Waals surface area (Å²) in [6, 6.07) is 0. The fourth-order valence-electron chi connectivity index (χ4n) is 2.28. The second-order valence-corrected chi connectivity index (χ2v) is 4.83. The Hall–Kier alpha value is -1.06. The van der Waals surface area contributed by atoms with Crippen LogP contribution in [0.15, 0.2) is 0 Å². The first-order chi connectivity index (χ1) is 6.88. The van der Waals surface area contributed by atoms with Gasteiger partial charge in [0.15, 0.2) is 0 Å². The molecule has 1 rings (SSSR count). The lowest BCUT2D eigenvalue weighted by Gasteiger charge is -2.36. The molecule has 1 heterocycles. The molecule has 0 radical (unpaired) electrons. The van der Waals surface area contributed by atoms with E-state index >= 15 is 0 Å². The van der Waals surface area contributed by atoms with Gasteiger partial charge in [0.1, 0.15) is 5.54 Å². The summed E-state index contributed by atoms with van der Waals surface area (Å²) in [5.41, 5.74) is -1.03. The fourth-order valence-corrected chi connectivity index (χ4v) is 2.28. The molecule has 86 valence electrons. The number of carbonyl (C=O) groups is 2. The van der Waals surface area contributed by atoms with Gasteiger partial charge in [0.05, 0.1) is 0 Å². The van der Waals surface area contributed by atoms with E-state index in [1.807, 2.05) is 13.8 Å². The third-order valence-corrected chi connectivity index (χ3v) is 2.94. The first-order valence-electron chi connectivity index (χ1n) is 5.42. The van der Waals surface area contributed by atoms with Crippen LogP contribution in [0.4, 0.5) is 0 Å². The van der Waals surface area contributed by atoms with Crippen LogP contribution in [-0.4, -0.2) is 34.0 Å². The Labute approximate surface area is 90.3 Å². The van der Waals surface area contributed by atoms with E-state index in [9.17, 15) is 14.7 Å². The van der Waals surface area contributed by atoms with Crippen LogP contribution in [-0.2, 0) is 9.59 Å².